The van der Waals surface area contributed by atoms with Crippen LogP contribution in [0.2, 0.25) is 0 Å². The lowest BCUT2D eigenvalue weighted by atomic mass is 9.89. The van der Waals surface area contributed by atoms with Gasteiger partial charge in [-0.25, -0.2) is 0 Å². The van der Waals surface area contributed by atoms with Crippen molar-refractivity contribution in [3.05, 3.63) is 0 Å². The molecule has 1 rings (SSSR count). The molecule has 0 radical (unpaired) electrons. The van der Waals surface area contributed by atoms with Gasteiger partial charge in [-0.05, 0) is 38.4 Å². The van der Waals surface area contributed by atoms with Crippen molar-refractivity contribution >= 4 is 0 Å². The first-order valence-corrected chi connectivity index (χ1v) is 6.48. The summed E-state index contributed by atoms with van der Waals surface area (Å²) in [7, 11) is 2.10. The Morgan fingerprint density at radius 1 is 1.25 bits per heavy atom. The molecule has 3 nitrogen and oxygen atoms in total. The van der Waals surface area contributed by atoms with Crippen LogP contribution in [-0.2, 0) is 0 Å². The number of rotatable bonds is 5. The lowest BCUT2D eigenvalue weighted by molar-refractivity contribution is 0.0334. The quantitative estimate of drug-likeness (QED) is 0.771. The van der Waals surface area contributed by atoms with E-state index >= 15 is 0 Å². The summed E-state index contributed by atoms with van der Waals surface area (Å²) in [6.45, 7) is 11.8. The SMILES string of the molecule is CN(CCN1CCCC1)CC(O)C(C)(C)C. The van der Waals surface area contributed by atoms with E-state index in [1.807, 2.05) is 0 Å². The molecular weight excluding hydrogens is 200 g/mol. The van der Waals surface area contributed by atoms with Crippen molar-refractivity contribution in [2.45, 2.75) is 39.7 Å². The summed E-state index contributed by atoms with van der Waals surface area (Å²) < 4.78 is 0. The van der Waals surface area contributed by atoms with Gasteiger partial charge in [0.2, 0.25) is 0 Å². The van der Waals surface area contributed by atoms with Gasteiger partial charge in [0.25, 0.3) is 0 Å². The molecule has 1 heterocycles. The standard InChI is InChI=1S/C13H28N2O/c1-13(2,3)12(16)11-14(4)9-10-15-7-5-6-8-15/h12,16H,5-11H2,1-4H3. The van der Waals surface area contributed by atoms with Crippen LogP contribution in [0.5, 0.6) is 0 Å². The van der Waals surface area contributed by atoms with Gasteiger partial charge in [0.1, 0.15) is 0 Å². The average Bonchev–Trinajstić information content (AvgIpc) is 2.65. The van der Waals surface area contributed by atoms with E-state index in [-0.39, 0.29) is 11.5 Å². The summed E-state index contributed by atoms with van der Waals surface area (Å²) >= 11 is 0. The fraction of sp³-hybridized carbons (Fsp3) is 1.00. The maximum Gasteiger partial charge on any atom is 0.0715 e. The second kappa shape index (κ2) is 5.99. The second-order valence-electron chi connectivity index (χ2n) is 6.19. The average molecular weight is 228 g/mol. The Kier molecular flexibility index (Phi) is 5.22. The van der Waals surface area contributed by atoms with Crippen LogP contribution in [0.1, 0.15) is 33.6 Å². The summed E-state index contributed by atoms with van der Waals surface area (Å²) in [5, 5.41) is 9.99. The highest BCUT2D eigenvalue weighted by Crippen LogP contribution is 2.19. The molecule has 1 aliphatic heterocycles. The van der Waals surface area contributed by atoms with E-state index in [9.17, 15) is 5.11 Å². The van der Waals surface area contributed by atoms with Crippen molar-refractivity contribution in [3.8, 4) is 0 Å². The molecule has 0 aromatic heterocycles. The normalized spacial score (nSPS) is 20.6. The number of hydrogen-bond donors (Lipinski definition) is 1. The van der Waals surface area contributed by atoms with Gasteiger partial charge in [-0.2, -0.15) is 0 Å². The summed E-state index contributed by atoms with van der Waals surface area (Å²) in [5.41, 5.74) is -0.0120. The number of aliphatic hydroxyl groups is 1. The zero-order valence-electron chi connectivity index (χ0n) is 11.4. The third kappa shape index (κ3) is 4.81. The van der Waals surface area contributed by atoms with Crippen LogP contribution in [0.4, 0.5) is 0 Å². The highest BCUT2D eigenvalue weighted by atomic mass is 16.3. The first kappa shape index (κ1) is 13.9. The smallest absolute Gasteiger partial charge is 0.0715 e. The van der Waals surface area contributed by atoms with Crippen LogP contribution in [0.25, 0.3) is 0 Å². The van der Waals surface area contributed by atoms with Gasteiger partial charge in [-0.3, -0.25) is 0 Å². The van der Waals surface area contributed by atoms with Crippen molar-refractivity contribution in [2.75, 3.05) is 39.8 Å². The summed E-state index contributed by atoms with van der Waals surface area (Å²) in [4.78, 5) is 4.76. The molecule has 0 aromatic rings. The molecule has 1 aliphatic rings. The van der Waals surface area contributed by atoms with Gasteiger partial charge >= 0.3 is 0 Å². The molecule has 0 aliphatic carbocycles. The van der Waals surface area contributed by atoms with Crippen LogP contribution in [-0.4, -0.2) is 60.8 Å². The summed E-state index contributed by atoms with van der Waals surface area (Å²) in [6, 6.07) is 0. The first-order valence-electron chi connectivity index (χ1n) is 6.48. The van der Waals surface area contributed by atoms with Crippen molar-refractivity contribution in [2.24, 2.45) is 5.41 Å². The molecule has 0 saturated carbocycles. The lowest BCUT2D eigenvalue weighted by Crippen LogP contribution is -2.40. The Hall–Kier alpha value is -0.120. The number of nitrogens with zero attached hydrogens (tertiary/aromatic N) is 2. The van der Waals surface area contributed by atoms with Crippen LogP contribution in [0, 0.1) is 5.41 Å². The van der Waals surface area contributed by atoms with Gasteiger partial charge in [0.05, 0.1) is 6.10 Å². The van der Waals surface area contributed by atoms with Gasteiger partial charge < -0.3 is 14.9 Å². The van der Waals surface area contributed by atoms with Crippen LogP contribution < -0.4 is 0 Å². The molecular formula is C13H28N2O. The summed E-state index contributed by atoms with van der Waals surface area (Å²) in [5.74, 6) is 0. The van der Waals surface area contributed by atoms with Gasteiger partial charge in [-0.1, -0.05) is 20.8 Å². The Morgan fingerprint density at radius 2 is 1.81 bits per heavy atom. The minimum Gasteiger partial charge on any atom is -0.391 e. The highest BCUT2D eigenvalue weighted by Gasteiger charge is 2.23. The molecule has 3 heteroatoms. The van der Waals surface area contributed by atoms with E-state index in [2.05, 4.69) is 37.6 Å². The number of hydrogen-bond acceptors (Lipinski definition) is 3. The monoisotopic (exact) mass is 228 g/mol. The predicted molar refractivity (Wildman–Crippen MR) is 68.6 cm³/mol. The number of likely N-dealkylation sites (tertiary alicyclic amines) is 1. The fourth-order valence-corrected chi connectivity index (χ4v) is 1.98. The van der Waals surface area contributed by atoms with Crippen molar-refractivity contribution in [1.82, 2.24) is 9.80 Å². The van der Waals surface area contributed by atoms with E-state index in [0.29, 0.717) is 0 Å². The molecule has 1 saturated heterocycles. The van der Waals surface area contributed by atoms with Gasteiger partial charge in [0, 0.05) is 19.6 Å². The molecule has 0 aromatic carbocycles. The van der Waals surface area contributed by atoms with E-state index in [4.69, 9.17) is 0 Å². The zero-order chi connectivity index (χ0) is 12.2. The van der Waals surface area contributed by atoms with Gasteiger partial charge in [0.15, 0.2) is 0 Å². The lowest BCUT2D eigenvalue weighted by Gasteiger charge is -2.30. The van der Waals surface area contributed by atoms with E-state index in [0.717, 1.165) is 19.6 Å². The molecule has 1 atom stereocenters. The molecule has 16 heavy (non-hydrogen) atoms. The maximum absolute atomic E-state index is 9.99. The fourth-order valence-electron chi connectivity index (χ4n) is 1.98. The van der Waals surface area contributed by atoms with Crippen LogP contribution in [0.15, 0.2) is 0 Å². The predicted octanol–water partition coefficient (Wildman–Crippen LogP) is 1.42. The van der Waals surface area contributed by atoms with Crippen LogP contribution >= 0.6 is 0 Å². The zero-order valence-corrected chi connectivity index (χ0v) is 11.4. The largest absolute Gasteiger partial charge is 0.391 e. The highest BCUT2D eigenvalue weighted by molar-refractivity contribution is 4.76. The van der Waals surface area contributed by atoms with Crippen LogP contribution in [0.3, 0.4) is 0 Å². The molecule has 96 valence electrons. The van der Waals surface area contributed by atoms with E-state index in [1.54, 1.807) is 0 Å². The molecule has 0 bridgehead atoms. The minimum atomic E-state index is -0.240. The van der Waals surface area contributed by atoms with Crippen molar-refractivity contribution in [1.29, 1.82) is 0 Å². The third-order valence-electron chi connectivity index (χ3n) is 3.48. The molecule has 0 spiro atoms. The van der Waals surface area contributed by atoms with E-state index in [1.165, 1.54) is 25.9 Å². The second-order valence-corrected chi connectivity index (χ2v) is 6.19. The third-order valence-corrected chi connectivity index (χ3v) is 3.48. The number of likely N-dealkylation sites (N-methyl/N-ethyl adjacent to an activating group) is 1. The Labute approximate surface area is 100 Å². The van der Waals surface area contributed by atoms with Gasteiger partial charge in [-0.15, -0.1) is 0 Å². The minimum absolute atomic E-state index is 0.0120. The van der Waals surface area contributed by atoms with E-state index < -0.39 is 0 Å². The Bertz CT molecular complexity index is 195. The molecule has 1 fully saturated rings. The molecule has 0 amide bonds. The first-order chi connectivity index (χ1) is 7.39. The molecule has 1 unspecified atom stereocenters. The Morgan fingerprint density at radius 3 is 2.31 bits per heavy atom. The topological polar surface area (TPSA) is 26.7 Å². The van der Waals surface area contributed by atoms with Crippen molar-refractivity contribution in [3.63, 3.8) is 0 Å². The Balaban J connectivity index is 2.17. The maximum atomic E-state index is 9.99. The number of aliphatic hydroxyl groups excluding tert-OH is 1. The molecule has 1 N–H and O–H groups in total. The summed E-state index contributed by atoms with van der Waals surface area (Å²) in [6.07, 6.45) is 2.47. The van der Waals surface area contributed by atoms with Crippen molar-refractivity contribution < 1.29 is 5.11 Å².